The van der Waals surface area contributed by atoms with Crippen LogP contribution in [0.2, 0.25) is 0 Å². The summed E-state index contributed by atoms with van der Waals surface area (Å²) >= 11 is 0. The molecule has 0 unspecified atom stereocenters. The molecule has 1 aliphatic carbocycles. The van der Waals surface area contributed by atoms with Crippen LogP contribution in [0, 0.1) is 5.82 Å². The van der Waals surface area contributed by atoms with Gasteiger partial charge in [0.25, 0.3) is 0 Å². The van der Waals surface area contributed by atoms with Gasteiger partial charge in [-0.1, -0.05) is 0 Å². The fourth-order valence-corrected chi connectivity index (χ4v) is 5.13. The van der Waals surface area contributed by atoms with Crippen LogP contribution in [0.3, 0.4) is 0 Å². The fourth-order valence-electron chi connectivity index (χ4n) is 3.69. The molecule has 0 radical (unpaired) electrons. The van der Waals surface area contributed by atoms with Gasteiger partial charge in [0.15, 0.2) is 17.4 Å². The maximum absolute atomic E-state index is 14.1. The van der Waals surface area contributed by atoms with Crippen molar-refractivity contribution in [2.75, 3.05) is 37.7 Å². The van der Waals surface area contributed by atoms with Gasteiger partial charge in [-0.25, -0.2) is 12.8 Å². The molecule has 1 aromatic heterocycles. The van der Waals surface area contributed by atoms with Gasteiger partial charge in [0.1, 0.15) is 0 Å². The summed E-state index contributed by atoms with van der Waals surface area (Å²) in [7, 11) is -3.76. The van der Waals surface area contributed by atoms with Crippen LogP contribution < -0.4 is 9.64 Å². The number of piperazine rings is 1. The highest BCUT2D eigenvalue weighted by molar-refractivity contribution is 7.89. The summed E-state index contributed by atoms with van der Waals surface area (Å²) in [6.45, 7) is 3.73. The van der Waals surface area contributed by atoms with Crippen molar-refractivity contribution in [1.82, 2.24) is 14.5 Å². The molecule has 7 nitrogen and oxygen atoms in total. The van der Waals surface area contributed by atoms with Gasteiger partial charge in [-0.3, -0.25) is 0 Å². The van der Waals surface area contributed by atoms with E-state index in [9.17, 15) is 12.8 Å². The number of rotatable bonds is 5. The first-order chi connectivity index (χ1) is 13.5. The van der Waals surface area contributed by atoms with Crippen LogP contribution in [0.5, 0.6) is 5.75 Å². The van der Waals surface area contributed by atoms with Gasteiger partial charge in [-0.15, -0.1) is 5.10 Å². The van der Waals surface area contributed by atoms with Gasteiger partial charge in [0.2, 0.25) is 10.0 Å². The van der Waals surface area contributed by atoms with Crippen molar-refractivity contribution in [3.8, 4) is 5.75 Å². The van der Waals surface area contributed by atoms with Crippen molar-refractivity contribution in [2.45, 2.75) is 31.1 Å². The average Bonchev–Trinajstić information content (AvgIpc) is 3.17. The zero-order valence-corrected chi connectivity index (χ0v) is 16.6. The molecule has 0 spiro atoms. The Hall–Kier alpha value is -2.26. The van der Waals surface area contributed by atoms with Crippen LogP contribution >= 0.6 is 0 Å². The molecule has 28 heavy (non-hydrogen) atoms. The predicted octanol–water partition coefficient (Wildman–Crippen LogP) is 2.01. The molecule has 0 amide bonds. The van der Waals surface area contributed by atoms with E-state index in [2.05, 4.69) is 21.2 Å². The minimum Gasteiger partial charge on any atom is -0.491 e. The van der Waals surface area contributed by atoms with Crippen LogP contribution in [0.25, 0.3) is 0 Å². The minimum absolute atomic E-state index is 0.0563. The second kappa shape index (κ2) is 7.63. The Morgan fingerprint density at radius 2 is 1.89 bits per heavy atom. The number of sulfonamides is 1. The number of nitrogens with zero attached hydrogens (tertiary/aromatic N) is 4. The smallest absolute Gasteiger partial charge is 0.243 e. The van der Waals surface area contributed by atoms with Crippen molar-refractivity contribution in [2.24, 2.45) is 0 Å². The van der Waals surface area contributed by atoms with E-state index < -0.39 is 15.8 Å². The zero-order chi connectivity index (χ0) is 19.7. The molecule has 4 rings (SSSR count). The molecule has 1 saturated heterocycles. The minimum atomic E-state index is -3.76. The number of hydrogen-bond acceptors (Lipinski definition) is 6. The SMILES string of the molecule is CCOc1ccc(S(=O)(=O)N2CCN(c3cc4c(nn3)CCC4)CC2)cc1F. The zero-order valence-electron chi connectivity index (χ0n) is 15.8. The Morgan fingerprint density at radius 3 is 2.61 bits per heavy atom. The Bertz CT molecular complexity index is 975. The van der Waals surface area contributed by atoms with Crippen LogP contribution in [0.4, 0.5) is 10.2 Å². The van der Waals surface area contributed by atoms with Crippen molar-refractivity contribution in [1.29, 1.82) is 0 Å². The molecule has 0 bridgehead atoms. The summed E-state index contributed by atoms with van der Waals surface area (Å²) in [6, 6.07) is 5.85. The van der Waals surface area contributed by atoms with Crippen molar-refractivity contribution >= 4 is 15.8 Å². The van der Waals surface area contributed by atoms with Crippen LogP contribution in [-0.4, -0.2) is 55.7 Å². The van der Waals surface area contributed by atoms with E-state index in [-0.39, 0.29) is 10.6 Å². The molecule has 1 aromatic carbocycles. The lowest BCUT2D eigenvalue weighted by Gasteiger charge is -2.34. The molecule has 0 N–H and O–H groups in total. The lowest BCUT2D eigenvalue weighted by atomic mass is 10.2. The standard InChI is InChI=1S/C19H23FN4O3S/c1-2-27-18-7-6-15(13-16(18)20)28(25,26)24-10-8-23(9-11-24)19-12-14-4-3-5-17(14)21-22-19/h6-7,12-13H,2-5,8-11H2,1H3. The third-order valence-corrected chi connectivity index (χ3v) is 7.11. The van der Waals surface area contributed by atoms with Gasteiger partial charge in [0.05, 0.1) is 17.2 Å². The Labute approximate surface area is 164 Å². The largest absolute Gasteiger partial charge is 0.491 e. The maximum Gasteiger partial charge on any atom is 0.243 e. The molecule has 1 aliphatic heterocycles. The third kappa shape index (κ3) is 3.56. The first kappa shape index (κ1) is 19.1. The van der Waals surface area contributed by atoms with E-state index in [0.29, 0.717) is 32.8 Å². The van der Waals surface area contributed by atoms with E-state index in [1.807, 2.05) is 0 Å². The molecule has 2 aliphatic rings. The molecular formula is C19H23FN4O3S. The van der Waals surface area contributed by atoms with Gasteiger partial charge >= 0.3 is 0 Å². The van der Waals surface area contributed by atoms with E-state index in [1.54, 1.807) is 6.92 Å². The fraction of sp³-hybridized carbons (Fsp3) is 0.474. The average molecular weight is 406 g/mol. The molecule has 1 fully saturated rings. The van der Waals surface area contributed by atoms with E-state index in [1.165, 1.54) is 22.0 Å². The van der Waals surface area contributed by atoms with Gasteiger partial charge in [0, 0.05) is 26.2 Å². The highest BCUT2D eigenvalue weighted by atomic mass is 32.2. The van der Waals surface area contributed by atoms with Crippen LogP contribution in [0.1, 0.15) is 24.6 Å². The number of fused-ring (bicyclic) bond motifs is 1. The maximum atomic E-state index is 14.1. The van der Waals surface area contributed by atoms with Crippen molar-refractivity contribution < 1.29 is 17.5 Å². The van der Waals surface area contributed by atoms with Gasteiger partial charge in [-0.05, 0) is 56.0 Å². The van der Waals surface area contributed by atoms with Crippen LogP contribution in [-0.2, 0) is 22.9 Å². The number of ether oxygens (including phenoxy) is 1. The van der Waals surface area contributed by atoms with E-state index >= 15 is 0 Å². The molecule has 9 heteroatoms. The molecule has 150 valence electrons. The molecule has 0 atom stereocenters. The van der Waals surface area contributed by atoms with Gasteiger partial charge < -0.3 is 9.64 Å². The van der Waals surface area contributed by atoms with Crippen molar-refractivity contribution in [3.63, 3.8) is 0 Å². The monoisotopic (exact) mass is 406 g/mol. The molecule has 2 heterocycles. The highest BCUT2D eigenvalue weighted by Gasteiger charge is 2.30. The number of aryl methyl sites for hydroxylation is 2. The topological polar surface area (TPSA) is 75.6 Å². The first-order valence-corrected chi connectivity index (χ1v) is 11.0. The molecular weight excluding hydrogens is 383 g/mol. The summed E-state index contributed by atoms with van der Waals surface area (Å²) in [6.07, 6.45) is 3.11. The number of aromatic nitrogens is 2. The summed E-state index contributed by atoms with van der Waals surface area (Å²) in [5, 5.41) is 8.61. The first-order valence-electron chi connectivity index (χ1n) is 9.52. The lowest BCUT2D eigenvalue weighted by Crippen LogP contribution is -2.49. The normalized spacial score (nSPS) is 17.6. The van der Waals surface area contributed by atoms with Gasteiger partial charge in [-0.2, -0.15) is 9.40 Å². The second-order valence-corrected chi connectivity index (χ2v) is 8.88. The summed E-state index contributed by atoms with van der Waals surface area (Å²) < 4.78 is 46.4. The number of anilines is 1. The van der Waals surface area contributed by atoms with Crippen molar-refractivity contribution in [3.05, 3.63) is 41.3 Å². The second-order valence-electron chi connectivity index (χ2n) is 6.94. The molecule has 2 aromatic rings. The Kier molecular flexibility index (Phi) is 5.20. The predicted molar refractivity (Wildman–Crippen MR) is 103 cm³/mol. The van der Waals surface area contributed by atoms with E-state index in [0.717, 1.165) is 36.8 Å². The van der Waals surface area contributed by atoms with Crippen LogP contribution in [0.15, 0.2) is 29.2 Å². The Morgan fingerprint density at radius 1 is 1.11 bits per heavy atom. The Balaban J connectivity index is 1.46. The third-order valence-electron chi connectivity index (χ3n) is 5.21. The highest BCUT2D eigenvalue weighted by Crippen LogP contribution is 2.26. The summed E-state index contributed by atoms with van der Waals surface area (Å²) in [5.74, 6) is 0.182. The summed E-state index contributed by atoms with van der Waals surface area (Å²) in [4.78, 5) is 2.00. The molecule has 0 saturated carbocycles. The van der Waals surface area contributed by atoms with E-state index in [4.69, 9.17) is 4.74 Å². The number of hydrogen-bond donors (Lipinski definition) is 0. The summed E-state index contributed by atoms with van der Waals surface area (Å²) in [5.41, 5.74) is 2.31. The lowest BCUT2D eigenvalue weighted by molar-refractivity contribution is 0.321. The quantitative estimate of drug-likeness (QED) is 0.756. The number of benzene rings is 1. The number of halogens is 1.